The highest BCUT2D eigenvalue weighted by Crippen LogP contribution is 2.22. The van der Waals surface area contributed by atoms with Crippen molar-refractivity contribution in [1.82, 2.24) is 15.0 Å². The standard InChI is InChI=1S/C13H14Cl2N4/c1-2-3-11-17-12(19-13(16)18-11)6-8-4-5-9(14)7-10(8)15/h4-5,7H,2-3,6H2,1H3,(H2,16,17,18,19). The van der Waals surface area contributed by atoms with Crippen molar-refractivity contribution in [3.8, 4) is 0 Å². The third-order valence-corrected chi connectivity index (χ3v) is 3.17. The van der Waals surface area contributed by atoms with Gasteiger partial charge in [0.05, 0.1) is 0 Å². The molecule has 2 N–H and O–H groups in total. The van der Waals surface area contributed by atoms with Crippen molar-refractivity contribution < 1.29 is 0 Å². The van der Waals surface area contributed by atoms with Crippen molar-refractivity contribution in [2.24, 2.45) is 0 Å². The Hall–Kier alpha value is -1.39. The lowest BCUT2D eigenvalue weighted by Crippen LogP contribution is -2.08. The van der Waals surface area contributed by atoms with Gasteiger partial charge >= 0.3 is 0 Å². The number of halogens is 2. The fourth-order valence-corrected chi connectivity index (χ4v) is 2.21. The molecular weight excluding hydrogens is 283 g/mol. The summed E-state index contributed by atoms with van der Waals surface area (Å²) in [6.45, 7) is 2.07. The minimum atomic E-state index is 0.249. The van der Waals surface area contributed by atoms with Crippen LogP contribution in [0, 0.1) is 0 Å². The van der Waals surface area contributed by atoms with E-state index in [0.717, 1.165) is 24.2 Å². The van der Waals surface area contributed by atoms with Crippen LogP contribution in [-0.4, -0.2) is 15.0 Å². The molecule has 1 aromatic heterocycles. The second-order valence-corrected chi connectivity index (χ2v) is 5.03. The first-order valence-electron chi connectivity index (χ1n) is 6.01. The highest BCUT2D eigenvalue weighted by Gasteiger charge is 2.08. The molecule has 0 bridgehead atoms. The summed E-state index contributed by atoms with van der Waals surface area (Å²) in [7, 11) is 0. The topological polar surface area (TPSA) is 64.7 Å². The van der Waals surface area contributed by atoms with Gasteiger partial charge in [0.1, 0.15) is 11.6 Å². The lowest BCUT2D eigenvalue weighted by molar-refractivity contribution is 0.792. The van der Waals surface area contributed by atoms with Gasteiger partial charge in [0.25, 0.3) is 0 Å². The predicted octanol–water partition coefficient (Wildman–Crippen LogP) is 3.30. The lowest BCUT2D eigenvalue weighted by Gasteiger charge is -2.06. The van der Waals surface area contributed by atoms with Crippen LogP contribution in [0.5, 0.6) is 0 Å². The molecule has 0 saturated heterocycles. The van der Waals surface area contributed by atoms with E-state index < -0.39 is 0 Å². The average Bonchev–Trinajstić information content (AvgIpc) is 2.32. The summed E-state index contributed by atoms with van der Waals surface area (Å²) in [6.07, 6.45) is 2.26. The van der Waals surface area contributed by atoms with E-state index in [2.05, 4.69) is 21.9 Å². The first-order valence-corrected chi connectivity index (χ1v) is 6.77. The van der Waals surface area contributed by atoms with Crippen LogP contribution < -0.4 is 5.73 Å². The Kier molecular flexibility index (Phi) is 4.56. The van der Waals surface area contributed by atoms with Crippen molar-refractivity contribution in [3.05, 3.63) is 45.5 Å². The minimum absolute atomic E-state index is 0.249. The van der Waals surface area contributed by atoms with E-state index in [1.807, 2.05) is 6.07 Å². The number of anilines is 1. The van der Waals surface area contributed by atoms with Gasteiger partial charge in [0.2, 0.25) is 5.95 Å². The van der Waals surface area contributed by atoms with Gasteiger partial charge in [-0.15, -0.1) is 0 Å². The molecule has 19 heavy (non-hydrogen) atoms. The number of nitrogens with zero attached hydrogens (tertiary/aromatic N) is 3. The molecule has 2 aromatic rings. The Morgan fingerprint density at radius 2 is 1.84 bits per heavy atom. The van der Waals surface area contributed by atoms with Crippen molar-refractivity contribution >= 4 is 29.2 Å². The molecule has 1 aromatic carbocycles. The quantitative estimate of drug-likeness (QED) is 0.940. The first kappa shape index (κ1) is 14.0. The van der Waals surface area contributed by atoms with E-state index in [0.29, 0.717) is 22.3 Å². The second-order valence-electron chi connectivity index (χ2n) is 4.19. The van der Waals surface area contributed by atoms with E-state index in [-0.39, 0.29) is 5.95 Å². The summed E-state index contributed by atoms with van der Waals surface area (Å²) in [5, 5.41) is 1.21. The van der Waals surface area contributed by atoms with E-state index in [1.54, 1.807) is 12.1 Å². The van der Waals surface area contributed by atoms with Gasteiger partial charge in [-0.2, -0.15) is 9.97 Å². The Balaban J connectivity index is 2.27. The summed E-state index contributed by atoms with van der Waals surface area (Å²) < 4.78 is 0. The largest absolute Gasteiger partial charge is 0.368 e. The third-order valence-electron chi connectivity index (χ3n) is 2.58. The summed E-state index contributed by atoms with van der Waals surface area (Å²) in [5.41, 5.74) is 6.61. The predicted molar refractivity (Wildman–Crippen MR) is 77.5 cm³/mol. The Morgan fingerprint density at radius 1 is 1.11 bits per heavy atom. The van der Waals surface area contributed by atoms with Crippen LogP contribution in [0.4, 0.5) is 5.95 Å². The van der Waals surface area contributed by atoms with Gasteiger partial charge in [-0.1, -0.05) is 36.2 Å². The molecule has 0 atom stereocenters. The molecule has 0 aliphatic carbocycles. The molecule has 6 heteroatoms. The molecule has 4 nitrogen and oxygen atoms in total. The molecule has 0 aliphatic rings. The Bertz CT molecular complexity index is 587. The number of aromatic nitrogens is 3. The summed E-state index contributed by atoms with van der Waals surface area (Å²) in [5.74, 6) is 1.59. The maximum absolute atomic E-state index is 6.13. The minimum Gasteiger partial charge on any atom is -0.368 e. The highest BCUT2D eigenvalue weighted by atomic mass is 35.5. The van der Waals surface area contributed by atoms with Gasteiger partial charge in [-0.3, -0.25) is 0 Å². The normalized spacial score (nSPS) is 10.7. The Labute approximate surface area is 122 Å². The smallest absolute Gasteiger partial charge is 0.223 e. The van der Waals surface area contributed by atoms with Crippen LogP contribution in [0.3, 0.4) is 0 Å². The molecule has 0 amide bonds. The van der Waals surface area contributed by atoms with Crippen molar-refractivity contribution in [2.75, 3.05) is 5.73 Å². The summed E-state index contributed by atoms with van der Waals surface area (Å²) in [4.78, 5) is 12.6. The fourth-order valence-electron chi connectivity index (χ4n) is 1.74. The van der Waals surface area contributed by atoms with E-state index >= 15 is 0 Å². The molecule has 0 radical (unpaired) electrons. The van der Waals surface area contributed by atoms with Crippen LogP contribution in [0.15, 0.2) is 18.2 Å². The van der Waals surface area contributed by atoms with Gasteiger partial charge in [-0.25, -0.2) is 4.98 Å². The number of benzene rings is 1. The number of hydrogen-bond donors (Lipinski definition) is 1. The van der Waals surface area contributed by atoms with E-state index in [9.17, 15) is 0 Å². The lowest BCUT2D eigenvalue weighted by atomic mass is 10.1. The molecule has 100 valence electrons. The number of hydrogen-bond acceptors (Lipinski definition) is 4. The Morgan fingerprint density at radius 3 is 2.53 bits per heavy atom. The highest BCUT2D eigenvalue weighted by molar-refractivity contribution is 6.35. The van der Waals surface area contributed by atoms with Crippen LogP contribution >= 0.6 is 23.2 Å². The molecule has 0 unspecified atom stereocenters. The van der Waals surface area contributed by atoms with E-state index in [4.69, 9.17) is 28.9 Å². The number of nitrogen functional groups attached to an aromatic ring is 1. The molecule has 0 aliphatic heterocycles. The zero-order chi connectivity index (χ0) is 13.8. The summed E-state index contributed by atoms with van der Waals surface area (Å²) >= 11 is 12.0. The molecule has 0 saturated carbocycles. The maximum atomic E-state index is 6.13. The van der Waals surface area contributed by atoms with Crippen LogP contribution in [-0.2, 0) is 12.8 Å². The van der Waals surface area contributed by atoms with Crippen LogP contribution in [0.1, 0.15) is 30.6 Å². The van der Waals surface area contributed by atoms with Crippen molar-refractivity contribution in [2.45, 2.75) is 26.2 Å². The van der Waals surface area contributed by atoms with Crippen molar-refractivity contribution in [1.29, 1.82) is 0 Å². The molecule has 2 rings (SSSR count). The summed E-state index contributed by atoms with van der Waals surface area (Å²) in [6, 6.07) is 5.36. The monoisotopic (exact) mass is 296 g/mol. The van der Waals surface area contributed by atoms with Crippen LogP contribution in [0.25, 0.3) is 0 Å². The zero-order valence-corrected chi connectivity index (χ0v) is 12.0. The zero-order valence-electron chi connectivity index (χ0n) is 10.5. The second kappa shape index (κ2) is 6.17. The van der Waals surface area contributed by atoms with Gasteiger partial charge in [-0.05, 0) is 24.1 Å². The number of nitrogens with two attached hydrogens (primary N) is 1. The van der Waals surface area contributed by atoms with Crippen molar-refractivity contribution in [3.63, 3.8) is 0 Å². The molecule has 1 heterocycles. The molecule has 0 fully saturated rings. The molecule has 0 spiro atoms. The number of rotatable bonds is 4. The van der Waals surface area contributed by atoms with E-state index in [1.165, 1.54) is 0 Å². The fraction of sp³-hybridized carbons (Fsp3) is 0.308. The van der Waals surface area contributed by atoms with Gasteiger partial charge in [0, 0.05) is 22.9 Å². The average molecular weight is 297 g/mol. The third kappa shape index (κ3) is 3.78. The van der Waals surface area contributed by atoms with Gasteiger partial charge < -0.3 is 5.73 Å². The SMILES string of the molecule is CCCc1nc(N)nc(Cc2ccc(Cl)cc2Cl)n1. The van der Waals surface area contributed by atoms with Gasteiger partial charge in [0.15, 0.2) is 0 Å². The first-order chi connectivity index (χ1) is 9.08. The van der Waals surface area contributed by atoms with Crippen LogP contribution in [0.2, 0.25) is 10.0 Å². The molecular formula is C13H14Cl2N4. The maximum Gasteiger partial charge on any atom is 0.223 e. The number of aryl methyl sites for hydroxylation is 1.